The molecule has 0 aliphatic rings. The summed E-state index contributed by atoms with van der Waals surface area (Å²) >= 11 is 0. The fourth-order valence-corrected chi connectivity index (χ4v) is 2.51. The standard InChI is InChI=1S/C20H28N2O7/c1-2-3-4-11-21-20(28)16(22-17(23)9-10-18(24)25)12-14-5-7-15(8-6-14)29-13-19(26)27/h5-8,16H,2-4,9-13H2,1H3,(H,21,28)(H,22,23)(H,24,25)(H,26,27)/t16-/m0/s1. The van der Waals surface area contributed by atoms with Gasteiger partial charge in [-0.25, -0.2) is 4.79 Å². The van der Waals surface area contributed by atoms with E-state index < -0.39 is 30.5 Å². The van der Waals surface area contributed by atoms with Gasteiger partial charge in [0.1, 0.15) is 11.8 Å². The number of carbonyl (C=O) groups excluding carboxylic acids is 2. The van der Waals surface area contributed by atoms with E-state index in [4.69, 9.17) is 14.9 Å². The van der Waals surface area contributed by atoms with Crippen molar-refractivity contribution in [2.45, 2.75) is 51.5 Å². The van der Waals surface area contributed by atoms with Crippen LogP contribution in [-0.4, -0.2) is 53.2 Å². The molecule has 1 aromatic carbocycles. The van der Waals surface area contributed by atoms with Crippen molar-refractivity contribution in [1.82, 2.24) is 10.6 Å². The molecule has 9 nitrogen and oxygen atoms in total. The molecule has 1 atom stereocenters. The van der Waals surface area contributed by atoms with E-state index in [2.05, 4.69) is 17.6 Å². The van der Waals surface area contributed by atoms with E-state index >= 15 is 0 Å². The molecule has 0 bridgehead atoms. The van der Waals surface area contributed by atoms with E-state index in [1.54, 1.807) is 24.3 Å². The van der Waals surface area contributed by atoms with E-state index in [1.807, 2.05) is 0 Å². The topological polar surface area (TPSA) is 142 Å². The average molecular weight is 408 g/mol. The first-order chi connectivity index (χ1) is 13.8. The zero-order valence-corrected chi connectivity index (χ0v) is 16.5. The Kier molecular flexibility index (Phi) is 10.8. The number of benzene rings is 1. The van der Waals surface area contributed by atoms with Gasteiger partial charge in [-0.05, 0) is 24.1 Å². The maximum absolute atomic E-state index is 12.5. The van der Waals surface area contributed by atoms with Gasteiger partial charge in [0, 0.05) is 19.4 Å². The van der Waals surface area contributed by atoms with Gasteiger partial charge >= 0.3 is 11.9 Å². The molecule has 29 heavy (non-hydrogen) atoms. The molecule has 0 saturated heterocycles. The van der Waals surface area contributed by atoms with Crippen molar-refractivity contribution >= 4 is 23.8 Å². The van der Waals surface area contributed by atoms with Gasteiger partial charge in [0.2, 0.25) is 11.8 Å². The Morgan fingerprint density at radius 2 is 1.69 bits per heavy atom. The van der Waals surface area contributed by atoms with Crippen LogP contribution in [0, 0.1) is 0 Å². The minimum atomic E-state index is -1.09. The summed E-state index contributed by atoms with van der Waals surface area (Å²) in [5.74, 6) is -2.64. The van der Waals surface area contributed by atoms with Crippen molar-refractivity contribution < 1.29 is 34.1 Å². The lowest BCUT2D eigenvalue weighted by molar-refractivity contribution is -0.139. The molecule has 9 heteroatoms. The lowest BCUT2D eigenvalue weighted by Crippen LogP contribution is -2.48. The van der Waals surface area contributed by atoms with Crippen molar-refractivity contribution in [3.63, 3.8) is 0 Å². The summed E-state index contributed by atoms with van der Waals surface area (Å²) in [6, 6.07) is 5.68. The molecular formula is C20H28N2O7. The summed E-state index contributed by atoms with van der Waals surface area (Å²) in [5, 5.41) is 22.7. The number of carboxylic acids is 2. The number of hydrogen-bond acceptors (Lipinski definition) is 5. The monoisotopic (exact) mass is 408 g/mol. The van der Waals surface area contributed by atoms with Gasteiger partial charge in [-0.2, -0.15) is 0 Å². The second-order valence-electron chi connectivity index (χ2n) is 6.54. The van der Waals surface area contributed by atoms with Crippen LogP contribution >= 0.6 is 0 Å². The number of aliphatic carboxylic acids is 2. The van der Waals surface area contributed by atoms with Crippen LogP contribution in [0.2, 0.25) is 0 Å². The van der Waals surface area contributed by atoms with E-state index in [0.29, 0.717) is 12.3 Å². The molecule has 1 rings (SSSR count). The molecule has 0 spiro atoms. The zero-order valence-electron chi connectivity index (χ0n) is 16.5. The highest BCUT2D eigenvalue weighted by atomic mass is 16.5. The molecule has 1 aromatic rings. The van der Waals surface area contributed by atoms with Gasteiger partial charge in [-0.1, -0.05) is 31.9 Å². The first-order valence-corrected chi connectivity index (χ1v) is 9.54. The fourth-order valence-electron chi connectivity index (χ4n) is 2.51. The summed E-state index contributed by atoms with van der Waals surface area (Å²) in [4.78, 5) is 45.7. The van der Waals surface area contributed by atoms with Crippen LogP contribution in [-0.2, 0) is 25.6 Å². The van der Waals surface area contributed by atoms with E-state index in [0.717, 1.165) is 24.8 Å². The highest BCUT2D eigenvalue weighted by Crippen LogP contribution is 2.14. The highest BCUT2D eigenvalue weighted by molar-refractivity contribution is 5.88. The minimum Gasteiger partial charge on any atom is -0.482 e. The Morgan fingerprint density at radius 1 is 1.00 bits per heavy atom. The van der Waals surface area contributed by atoms with Gasteiger partial charge in [-0.15, -0.1) is 0 Å². The van der Waals surface area contributed by atoms with Crippen LogP contribution in [0.4, 0.5) is 0 Å². The second kappa shape index (κ2) is 13.1. The quantitative estimate of drug-likeness (QED) is 0.340. The van der Waals surface area contributed by atoms with Gasteiger partial charge in [-0.3, -0.25) is 14.4 Å². The Bertz CT molecular complexity index is 689. The zero-order chi connectivity index (χ0) is 21.6. The maximum Gasteiger partial charge on any atom is 0.341 e. The molecule has 0 aliphatic heterocycles. The average Bonchev–Trinajstić information content (AvgIpc) is 2.68. The SMILES string of the molecule is CCCCCNC(=O)[C@H](Cc1ccc(OCC(=O)O)cc1)NC(=O)CCC(=O)O. The number of nitrogens with one attached hydrogen (secondary N) is 2. The first kappa shape index (κ1) is 23.9. The fraction of sp³-hybridized carbons (Fsp3) is 0.500. The van der Waals surface area contributed by atoms with Crippen LogP contribution in [0.3, 0.4) is 0 Å². The number of unbranched alkanes of at least 4 members (excludes halogenated alkanes) is 2. The number of amides is 2. The van der Waals surface area contributed by atoms with E-state index in [9.17, 15) is 19.2 Å². The van der Waals surface area contributed by atoms with Crippen molar-refractivity contribution in [2.75, 3.05) is 13.2 Å². The summed E-state index contributed by atoms with van der Waals surface area (Å²) in [7, 11) is 0. The van der Waals surface area contributed by atoms with Crippen molar-refractivity contribution in [3.8, 4) is 5.75 Å². The second-order valence-corrected chi connectivity index (χ2v) is 6.54. The molecular weight excluding hydrogens is 380 g/mol. The van der Waals surface area contributed by atoms with Crippen LogP contribution in [0.5, 0.6) is 5.75 Å². The highest BCUT2D eigenvalue weighted by Gasteiger charge is 2.21. The predicted molar refractivity (Wildman–Crippen MR) is 105 cm³/mol. The molecule has 2 amide bonds. The molecule has 0 radical (unpaired) electrons. The van der Waals surface area contributed by atoms with Crippen molar-refractivity contribution in [2.24, 2.45) is 0 Å². The Hall–Kier alpha value is -3.10. The van der Waals surface area contributed by atoms with Gasteiger partial charge in [0.05, 0.1) is 6.42 Å². The molecule has 0 unspecified atom stereocenters. The van der Waals surface area contributed by atoms with Gasteiger partial charge < -0.3 is 25.6 Å². The summed E-state index contributed by atoms with van der Waals surface area (Å²) in [5.41, 5.74) is 0.736. The lowest BCUT2D eigenvalue weighted by atomic mass is 10.0. The minimum absolute atomic E-state index is 0.206. The third-order valence-corrected chi connectivity index (χ3v) is 4.02. The number of carboxylic acid groups (broad SMARTS) is 2. The predicted octanol–water partition coefficient (Wildman–Crippen LogP) is 1.35. The van der Waals surface area contributed by atoms with Gasteiger partial charge in [0.25, 0.3) is 0 Å². The number of ether oxygens (including phenoxy) is 1. The molecule has 0 fully saturated rings. The lowest BCUT2D eigenvalue weighted by Gasteiger charge is -2.19. The largest absolute Gasteiger partial charge is 0.482 e. The smallest absolute Gasteiger partial charge is 0.341 e. The number of hydrogen-bond donors (Lipinski definition) is 4. The third kappa shape index (κ3) is 10.7. The molecule has 4 N–H and O–H groups in total. The summed E-state index contributed by atoms with van der Waals surface area (Å²) in [6.45, 7) is 2.09. The van der Waals surface area contributed by atoms with E-state index in [1.165, 1.54) is 0 Å². The molecule has 0 saturated carbocycles. The van der Waals surface area contributed by atoms with Crippen molar-refractivity contribution in [3.05, 3.63) is 29.8 Å². The number of carbonyl (C=O) groups is 4. The third-order valence-electron chi connectivity index (χ3n) is 4.02. The van der Waals surface area contributed by atoms with Crippen LogP contribution in [0.15, 0.2) is 24.3 Å². The van der Waals surface area contributed by atoms with Crippen LogP contribution in [0.25, 0.3) is 0 Å². The summed E-state index contributed by atoms with van der Waals surface area (Å²) in [6.07, 6.45) is 2.51. The van der Waals surface area contributed by atoms with Crippen molar-refractivity contribution in [1.29, 1.82) is 0 Å². The maximum atomic E-state index is 12.5. The molecule has 0 aliphatic carbocycles. The Balaban J connectivity index is 2.73. The van der Waals surface area contributed by atoms with E-state index in [-0.39, 0.29) is 25.2 Å². The normalized spacial score (nSPS) is 11.3. The van der Waals surface area contributed by atoms with Crippen LogP contribution < -0.4 is 15.4 Å². The Labute approximate surface area is 169 Å². The summed E-state index contributed by atoms with van der Waals surface area (Å²) < 4.78 is 5.07. The Morgan fingerprint density at radius 3 is 2.28 bits per heavy atom. The number of rotatable bonds is 14. The molecule has 0 aromatic heterocycles. The molecule has 0 heterocycles. The first-order valence-electron chi connectivity index (χ1n) is 9.54. The van der Waals surface area contributed by atoms with Crippen LogP contribution in [0.1, 0.15) is 44.6 Å². The van der Waals surface area contributed by atoms with Gasteiger partial charge in [0.15, 0.2) is 6.61 Å². The molecule has 160 valence electrons.